The summed E-state index contributed by atoms with van der Waals surface area (Å²) in [6, 6.07) is 43.6. The zero-order valence-corrected chi connectivity index (χ0v) is 32.9. The highest BCUT2D eigenvalue weighted by Crippen LogP contribution is 2.53. The van der Waals surface area contributed by atoms with Gasteiger partial charge in [0.25, 0.3) is 0 Å². The van der Waals surface area contributed by atoms with E-state index in [9.17, 15) is 0 Å². The van der Waals surface area contributed by atoms with Crippen LogP contribution < -0.4 is 5.46 Å². The summed E-state index contributed by atoms with van der Waals surface area (Å²) in [6.45, 7) is 22.4. The molecule has 1 fully saturated rings. The molecule has 0 unspecified atom stereocenters. The van der Waals surface area contributed by atoms with Gasteiger partial charge in [-0.3, -0.25) is 0 Å². The number of rotatable bonds is 4. The number of benzene rings is 6. The maximum absolute atomic E-state index is 6.31. The molecule has 0 bridgehead atoms. The van der Waals surface area contributed by atoms with Gasteiger partial charge in [0, 0.05) is 10.8 Å². The van der Waals surface area contributed by atoms with Crippen molar-refractivity contribution in [3.05, 3.63) is 149 Å². The average Bonchev–Trinajstić information content (AvgIpc) is 3.61. The molecule has 0 spiro atoms. The lowest BCUT2D eigenvalue weighted by Gasteiger charge is -2.32. The van der Waals surface area contributed by atoms with Gasteiger partial charge in [0.1, 0.15) is 0 Å². The second-order valence-electron chi connectivity index (χ2n) is 17.8. The van der Waals surface area contributed by atoms with Crippen molar-refractivity contribution in [2.24, 2.45) is 0 Å². The Morgan fingerprint density at radius 2 is 0.774 bits per heavy atom. The van der Waals surface area contributed by atoms with Crippen molar-refractivity contribution in [2.45, 2.75) is 91.3 Å². The highest BCUT2D eigenvalue weighted by atomic mass is 16.7. The van der Waals surface area contributed by atoms with Crippen LogP contribution in [0, 0.1) is 13.8 Å². The zero-order valence-electron chi connectivity index (χ0n) is 32.9. The molecule has 0 amide bonds. The third kappa shape index (κ3) is 5.08. The molecule has 53 heavy (non-hydrogen) atoms. The smallest absolute Gasteiger partial charge is 0.399 e. The number of aryl methyl sites for hydroxylation is 2. The van der Waals surface area contributed by atoms with E-state index in [0.29, 0.717) is 0 Å². The molecule has 6 aromatic rings. The van der Waals surface area contributed by atoms with Crippen LogP contribution in [0.2, 0.25) is 0 Å². The largest absolute Gasteiger partial charge is 0.494 e. The molecular formula is C50H49BO2. The first-order chi connectivity index (χ1) is 25.1. The van der Waals surface area contributed by atoms with Crippen molar-refractivity contribution in [3.63, 3.8) is 0 Å². The lowest BCUT2D eigenvalue weighted by Crippen LogP contribution is -2.41. The van der Waals surface area contributed by atoms with E-state index < -0.39 is 0 Å². The van der Waals surface area contributed by atoms with E-state index in [2.05, 4.69) is 184 Å². The molecule has 1 aliphatic heterocycles. The van der Waals surface area contributed by atoms with Gasteiger partial charge in [-0.1, -0.05) is 125 Å². The topological polar surface area (TPSA) is 18.5 Å². The molecule has 0 saturated carbocycles. The molecule has 0 atom stereocenters. The van der Waals surface area contributed by atoms with Gasteiger partial charge in [-0.25, -0.2) is 0 Å². The number of fused-ring (bicyclic) bond motifs is 6. The molecule has 3 heteroatoms. The summed E-state index contributed by atoms with van der Waals surface area (Å²) in [5.41, 5.74) is 21.4. The molecule has 0 N–H and O–H groups in total. The minimum atomic E-state index is -0.356. The summed E-state index contributed by atoms with van der Waals surface area (Å²) in [5, 5.41) is 0. The predicted molar refractivity (Wildman–Crippen MR) is 223 cm³/mol. The molecule has 9 rings (SSSR count). The Morgan fingerprint density at radius 3 is 1.30 bits per heavy atom. The van der Waals surface area contributed by atoms with Crippen molar-refractivity contribution in [2.75, 3.05) is 0 Å². The van der Waals surface area contributed by atoms with E-state index in [0.717, 1.165) is 5.46 Å². The van der Waals surface area contributed by atoms with Crippen LogP contribution in [0.15, 0.2) is 115 Å². The van der Waals surface area contributed by atoms with E-state index in [1.807, 2.05) is 0 Å². The molecule has 1 saturated heterocycles. The average molecular weight is 693 g/mol. The summed E-state index contributed by atoms with van der Waals surface area (Å²) in [4.78, 5) is 0. The van der Waals surface area contributed by atoms with Crippen molar-refractivity contribution >= 4 is 12.6 Å². The lowest BCUT2D eigenvalue weighted by atomic mass is 9.78. The Balaban J connectivity index is 1.01. The fourth-order valence-corrected chi connectivity index (χ4v) is 9.21. The van der Waals surface area contributed by atoms with Crippen LogP contribution >= 0.6 is 0 Å². The fourth-order valence-electron chi connectivity index (χ4n) is 9.21. The van der Waals surface area contributed by atoms with E-state index in [1.54, 1.807) is 0 Å². The van der Waals surface area contributed by atoms with Gasteiger partial charge in [0.15, 0.2) is 0 Å². The summed E-state index contributed by atoms with van der Waals surface area (Å²) in [7, 11) is -0.356. The number of hydrogen-bond donors (Lipinski definition) is 0. The van der Waals surface area contributed by atoms with Gasteiger partial charge >= 0.3 is 7.12 Å². The third-order valence-electron chi connectivity index (χ3n) is 13.2. The first-order valence-electron chi connectivity index (χ1n) is 19.2. The van der Waals surface area contributed by atoms with Crippen LogP contribution in [-0.4, -0.2) is 18.3 Å². The highest BCUT2D eigenvalue weighted by Gasteiger charge is 2.51. The normalized spacial score (nSPS) is 18.0. The standard InChI is InChI=1S/C50H49BO2/c1-30-26-42(31(2)25-41(30)32-15-20-36(21-16-32)51-52-49(7,8)50(9,10)53-51)35-19-24-40-39-23-18-34(28-45(39)48(5,6)46(40)29-35)33-17-22-38-37-13-11-12-14-43(37)47(3,4)44(38)27-33/h11-29H,1-10H3. The minimum Gasteiger partial charge on any atom is -0.399 e. The minimum absolute atomic E-state index is 0.0148. The molecule has 0 radical (unpaired) electrons. The summed E-state index contributed by atoms with van der Waals surface area (Å²) < 4.78 is 12.6. The molecule has 1 heterocycles. The van der Waals surface area contributed by atoms with Crippen LogP contribution in [-0.2, 0) is 20.1 Å². The van der Waals surface area contributed by atoms with Crippen LogP contribution in [0.4, 0.5) is 0 Å². The summed E-state index contributed by atoms with van der Waals surface area (Å²) in [6.07, 6.45) is 0. The van der Waals surface area contributed by atoms with Crippen molar-refractivity contribution in [1.82, 2.24) is 0 Å². The molecular weight excluding hydrogens is 643 g/mol. The second-order valence-corrected chi connectivity index (χ2v) is 17.8. The molecule has 6 aromatic carbocycles. The van der Waals surface area contributed by atoms with Crippen LogP contribution in [0.1, 0.15) is 88.8 Å². The second kappa shape index (κ2) is 11.4. The Morgan fingerprint density at radius 1 is 0.377 bits per heavy atom. The Kier molecular flexibility index (Phi) is 7.34. The lowest BCUT2D eigenvalue weighted by molar-refractivity contribution is 0.00578. The number of hydrogen-bond acceptors (Lipinski definition) is 2. The van der Waals surface area contributed by atoms with Crippen LogP contribution in [0.3, 0.4) is 0 Å². The first kappa shape index (κ1) is 34.1. The molecule has 264 valence electrons. The van der Waals surface area contributed by atoms with Gasteiger partial charge in [-0.15, -0.1) is 0 Å². The Bertz CT molecular complexity index is 2460. The molecule has 2 nitrogen and oxygen atoms in total. The van der Waals surface area contributed by atoms with Gasteiger partial charge in [-0.05, 0) is 154 Å². The Labute approximate surface area is 316 Å². The van der Waals surface area contributed by atoms with Gasteiger partial charge in [0.2, 0.25) is 0 Å². The molecule has 3 aliphatic rings. The maximum Gasteiger partial charge on any atom is 0.494 e. The summed E-state index contributed by atoms with van der Waals surface area (Å²) in [5.74, 6) is 0. The van der Waals surface area contributed by atoms with Crippen LogP contribution in [0.25, 0.3) is 55.6 Å². The third-order valence-corrected chi connectivity index (χ3v) is 13.2. The highest BCUT2D eigenvalue weighted by molar-refractivity contribution is 6.62. The van der Waals surface area contributed by atoms with Crippen molar-refractivity contribution < 1.29 is 9.31 Å². The van der Waals surface area contributed by atoms with Gasteiger partial charge in [-0.2, -0.15) is 0 Å². The predicted octanol–water partition coefficient (Wildman–Crippen LogP) is 12.2. The van der Waals surface area contributed by atoms with Gasteiger partial charge in [0.05, 0.1) is 11.2 Å². The summed E-state index contributed by atoms with van der Waals surface area (Å²) >= 11 is 0. The SMILES string of the molecule is Cc1cc(-c2ccc3c(c2)C(C)(C)c2cc(-c4ccc5c(c4)C(C)(C)c4ccccc4-5)ccc2-3)c(C)cc1-c1ccc(B2OC(C)(C)C(C)(C)O2)cc1. The maximum atomic E-state index is 6.31. The van der Waals surface area contributed by atoms with E-state index in [-0.39, 0.29) is 29.2 Å². The molecule has 2 aliphatic carbocycles. The van der Waals surface area contributed by atoms with Gasteiger partial charge < -0.3 is 9.31 Å². The quantitative estimate of drug-likeness (QED) is 0.171. The molecule has 0 aromatic heterocycles. The van der Waals surface area contributed by atoms with E-state index in [1.165, 1.54) is 89.0 Å². The van der Waals surface area contributed by atoms with Crippen molar-refractivity contribution in [1.29, 1.82) is 0 Å². The fraction of sp³-hybridized carbons (Fsp3) is 0.280. The Hall–Kier alpha value is -4.70. The first-order valence-corrected chi connectivity index (χ1v) is 19.2. The van der Waals surface area contributed by atoms with Crippen LogP contribution in [0.5, 0.6) is 0 Å². The van der Waals surface area contributed by atoms with Crippen molar-refractivity contribution in [3.8, 4) is 55.6 Å². The zero-order chi connectivity index (χ0) is 37.2. The monoisotopic (exact) mass is 692 g/mol. The van der Waals surface area contributed by atoms with E-state index >= 15 is 0 Å². The van der Waals surface area contributed by atoms with E-state index in [4.69, 9.17) is 9.31 Å².